The van der Waals surface area contributed by atoms with Crippen LogP contribution < -0.4 is 4.72 Å². The lowest BCUT2D eigenvalue weighted by molar-refractivity contribution is 0.588. The van der Waals surface area contributed by atoms with Crippen LogP contribution in [-0.2, 0) is 16.6 Å². The van der Waals surface area contributed by atoms with Gasteiger partial charge in [0.2, 0.25) is 0 Å². The van der Waals surface area contributed by atoms with Crippen molar-refractivity contribution in [3.63, 3.8) is 0 Å². The van der Waals surface area contributed by atoms with Gasteiger partial charge in [0.25, 0.3) is 10.0 Å². The van der Waals surface area contributed by atoms with E-state index in [0.29, 0.717) is 11.4 Å². The van der Waals surface area contributed by atoms with Crippen molar-refractivity contribution in [2.45, 2.75) is 11.4 Å². The molecular formula is C7H6NO2S. The second-order valence-electron chi connectivity index (χ2n) is 2.37. The van der Waals surface area contributed by atoms with Crippen LogP contribution >= 0.6 is 0 Å². The van der Waals surface area contributed by atoms with E-state index in [0.717, 1.165) is 5.56 Å². The lowest BCUT2D eigenvalue weighted by Gasteiger charge is -1.92. The number of hydrogen-bond donors (Lipinski definition) is 0. The zero-order valence-corrected chi connectivity index (χ0v) is 6.50. The maximum Gasteiger partial charge on any atom is 0.257 e. The summed E-state index contributed by atoms with van der Waals surface area (Å²) in [5.74, 6) is 0. The van der Waals surface area contributed by atoms with Crippen molar-refractivity contribution < 1.29 is 8.42 Å². The van der Waals surface area contributed by atoms with Crippen molar-refractivity contribution in [2.75, 3.05) is 0 Å². The highest BCUT2D eigenvalue weighted by Crippen LogP contribution is 2.22. The maximum atomic E-state index is 11.1. The molecule has 1 heterocycles. The fraction of sp³-hybridized carbons (Fsp3) is 0.143. The predicted octanol–water partition coefficient (Wildman–Crippen LogP) is 0.493. The zero-order chi connectivity index (χ0) is 7.90. The fourth-order valence-electron chi connectivity index (χ4n) is 1.11. The molecule has 0 bridgehead atoms. The molecule has 0 spiro atoms. The topological polar surface area (TPSA) is 48.2 Å². The van der Waals surface area contributed by atoms with Crippen molar-refractivity contribution in [1.29, 1.82) is 0 Å². The Morgan fingerprint density at radius 1 is 1.27 bits per heavy atom. The molecule has 0 saturated heterocycles. The number of hydrogen-bond acceptors (Lipinski definition) is 2. The minimum absolute atomic E-state index is 0.304. The van der Waals surface area contributed by atoms with Crippen LogP contribution in [0, 0.1) is 0 Å². The smallest absolute Gasteiger partial charge is 0.206 e. The molecule has 0 N–H and O–H groups in total. The van der Waals surface area contributed by atoms with Crippen LogP contribution in [0.15, 0.2) is 29.2 Å². The maximum absolute atomic E-state index is 11.1. The van der Waals surface area contributed by atoms with Gasteiger partial charge in [0.15, 0.2) is 0 Å². The molecule has 0 aliphatic carbocycles. The third-order valence-corrected chi connectivity index (χ3v) is 3.08. The summed E-state index contributed by atoms with van der Waals surface area (Å²) >= 11 is 0. The SMILES string of the molecule is O=S1(=O)[N]Cc2ccccc21. The molecule has 1 aromatic rings. The van der Waals surface area contributed by atoms with Crippen molar-refractivity contribution in [3.05, 3.63) is 29.8 Å². The van der Waals surface area contributed by atoms with Gasteiger partial charge in [-0.2, -0.15) is 0 Å². The van der Waals surface area contributed by atoms with Crippen LogP contribution in [0.1, 0.15) is 5.56 Å². The molecule has 11 heavy (non-hydrogen) atoms. The first-order chi connectivity index (χ1) is 5.20. The van der Waals surface area contributed by atoms with Crippen molar-refractivity contribution >= 4 is 10.0 Å². The van der Waals surface area contributed by atoms with E-state index >= 15 is 0 Å². The van der Waals surface area contributed by atoms with Gasteiger partial charge in [-0.1, -0.05) is 18.2 Å². The van der Waals surface area contributed by atoms with Gasteiger partial charge in [-0.15, -0.1) is 4.72 Å². The minimum Gasteiger partial charge on any atom is -0.206 e. The minimum atomic E-state index is -3.28. The number of sulfonamides is 1. The van der Waals surface area contributed by atoms with Gasteiger partial charge in [-0.25, -0.2) is 8.42 Å². The first kappa shape index (κ1) is 6.82. The Hall–Kier alpha value is -0.870. The average molecular weight is 168 g/mol. The molecule has 4 heteroatoms. The highest BCUT2D eigenvalue weighted by Gasteiger charge is 2.25. The van der Waals surface area contributed by atoms with Gasteiger partial charge >= 0.3 is 0 Å². The normalized spacial score (nSPS) is 19.6. The monoisotopic (exact) mass is 168 g/mol. The molecule has 1 aromatic carbocycles. The van der Waals surface area contributed by atoms with E-state index in [1.54, 1.807) is 18.2 Å². The molecule has 0 fully saturated rings. The molecule has 0 atom stereocenters. The van der Waals surface area contributed by atoms with Crippen LogP contribution in [0.4, 0.5) is 0 Å². The van der Waals surface area contributed by atoms with Gasteiger partial charge in [-0.3, -0.25) is 0 Å². The van der Waals surface area contributed by atoms with E-state index in [9.17, 15) is 8.42 Å². The van der Waals surface area contributed by atoms with Crippen LogP contribution in [0.5, 0.6) is 0 Å². The van der Waals surface area contributed by atoms with Gasteiger partial charge in [0, 0.05) is 0 Å². The molecule has 0 amide bonds. The molecule has 1 radical (unpaired) electrons. The van der Waals surface area contributed by atoms with E-state index in [4.69, 9.17) is 0 Å². The van der Waals surface area contributed by atoms with Crippen LogP contribution in [-0.4, -0.2) is 8.42 Å². The zero-order valence-electron chi connectivity index (χ0n) is 5.69. The molecule has 1 aliphatic rings. The summed E-state index contributed by atoms with van der Waals surface area (Å²) in [6.07, 6.45) is 0. The lowest BCUT2D eigenvalue weighted by atomic mass is 10.2. The first-order valence-electron chi connectivity index (χ1n) is 3.22. The van der Waals surface area contributed by atoms with Crippen LogP contribution in [0.25, 0.3) is 0 Å². The Morgan fingerprint density at radius 2 is 2.00 bits per heavy atom. The highest BCUT2D eigenvalue weighted by atomic mass is 32.2. The number of rotatable bonds is 0. The highest BCUT2D eigenvalue weighted by molar-refractivity contribution is 7.89. The molecule has 3 nitrogen and oxygen atoms in total. The van der Waals surface area contributed by atoms with E-state index in [1.165, 1.54) is 0 Å². The van der Waals surface area contributed by atoms with E-state index in [2.05, 4.69) is 4.72 Å². The standard InChI is InChI=1S/C7H6NO2S/c9-11(10)7-4-2-1-3-6(7)5-8-11/h1-4H,5H2. The summed E-state index contributed by atoms with van der Waals surface area (Å²) in [6.45, 7) is 0.304. The van der Waals surface area contributed by atoms with Crippen molar-refractivity contribution in [3.8, 4) is 0 Å². The Kier molecular flexibility index (Phi) is 1.27. The van der Waals surface area contributed by atoms with Gasteiger partial charge in [0.1, 0.15) is 0 Å². The second-order valence-corrected chi connectivity index (χ2v) is 4.02. The third kappa shape index (κ3) is 0.948. The molecule has 0 saturated carbocycles. The summed E-state index contributed by atoms with van der Waals surface area (Å²) in [5, 5.41) is 0. The van der Waals surface area contributed by atoms with Crippen LogP contribution in [0.3, 0.4) is 0 Å². The van der Waals surface area contributed by atoms with E-state index in [-0.39, 0.29) is 0 Å². The molecule has 0 unspecified atom stereocenters. The summed E-state index contributed by atoms with van der Waals surface area (Å²) < 4.78 is 25.7. The Balaban J connectivity index is 2.75. The van der Waals surface area contributed by atoms with Gasteiger partial charge in [0.05, 0.1) is 11.4 Å². The summed E-state index contributed by atoms with van der Waals surface area (Å²) in [6, 6.07) is 6.89. The van der Waals surface area contributed by atoms with Gasteiger partial charge in [-0.05, 0) is 11.6 Å². The molecule has 1 aliphatic heterocycles. The Morgan fingerprint density at radius 3 is 2.73 bits per heavy atom. The van der Waals surface area contributed by atoms with Crippen molar-refractivity contribution in [2.24, 2.45) is 0 Å². The number of benzene rings is 1. The summed E-state index contributed by atoms with van der Waals surface area (Å²) in [5.41, 5.74) is 0.799. The quantitative estimate of drug-likeness (QED) is 0.566. The summed E-state index contributed by atoms with van der Waals surface area (Å²) in [7, 11) is -3.28. The number of fused-ring (bicyclic) bond motifs is 1. The number of nitrogens with zero attached hydrogens (tertiary/aromatic N) is 1. The largest absolute Gasteiger partial charge is 0.257 e. The van der Waals surface area contributed by atoms with E-state index in [1.807, 2.05) is 6.07 Å². The Bertz CT molecular complexity index is 383. The predicted molar refractivity (Wildman–Crippen MR) is 39.5 cm³/mol. The lowest BCUT2D eigenvalue weighted by Crippen LogP contribution is -2.05. The summed E-state index contributed by atoms with van der Waals surface area (Å²) in [4.78, 5) is 0.361. The average Bonchev–Trinajstić information content (AvgIpc) is 2.29. The van der Waals surface area contributed by atoms with Crippen molar-refractivity contribution in [1.82, 2.24) is 4.72 Å². The Labute approximate surface area is 65.1 Å². The second kappa shape index (κ2) is 2.06. The fourth-order valence-corrected chi connectivity index (χ4v) is 2.27. The third-order valence-electron chi connectivity index (χ3n) is 1.66. The molecule has 2 rings (SSSR count). The van der Waals surface area contributed by atoms with Gasteiger partial charge < -0.3 is 0 Å². The molecule has 57 valence electrons. The first-order valence-corrected chi connectivity index (χ1v) is 4.66. The molecule has 0 aromatic heterocycles. The van der Waals surface area contributed by atoms with E-state index < -0.39 is 10.0 Å². The molecular weight excluding hydrogens is 162 g/mol. The van der Waals surface area contributed by atoms with Crippen LogP contribution in [0.2, 0.25) is 0 Å².